The van der Waals surface area contributed by atoms with Crippen molar-refractivity contribution in [3.63, 3.8) is 0 Å². The van der Waals surface area contributed by atoms with Crippen LogP contribution in [0.1, 0.15) is 5.56 Å². The van der Waals surface area contributed by atoms with Crippen molar-refractivity contribution in [2.45, 2.75) is 5.33 Å². The molecule has 20 heavy (non-hydrogen) atoms. The molecule has 104 valence electrons. The van der Waals surface area contributed by atoms with Crippen LogP contribution in [0.15, 0.2) is 36.4 Å². The predicted molar refractivity (Wildman–Crippen MR) is 77.2 cm³/mol. The van der Waals surface area contributed by atoms with Gasteiger partial charge in [0.15, 0.2) is 11.6 Å². The lowest BCUT2D eigenvalue weighted by molar-refractivity contribution is -0.385. The Morgan fingerprint density at radius 3 is 2.75 bits per heavy atom. The third-order valence-corrected chi connectivity index (χ3v) is 3.36. The highest BCUT2D eigenvalue weighted by atomic mass is 79.9. The molecule has 0 bridgehead atoms. The van der Waals surface area contributed by atoms with Crippen molar-refractivity contribution in [1.82, 2.24) is 0 Å². The molecule has 0 atom stereocenters. The van der Waals surface area contributed by atoms with Gasteiger partial charge in [-0.25, -0.2) is 4.39 Å². The molecule has 0 unspecified atom stereocenters. The molecule has 2 rings (SSSR count). The summed E-state index contributed by atoms with van der Waals surface area (Å²) in [5.74, 6) is -0.763. The van der Waals surface area contributed by atoms with Crippen LogP contribution in [0.5, 0.6) is 11.5 Å². The van der Waals surface area contributed by atoms with Gasteiger partial charge in [0, 0.05) is 28.0 Å². The molecule has 4 nitrogen and oxygen atoms in total. The Balaban J connectivity index is 2.50. The molecule has 0 N–H and O–H groups in total. The number of alkyl halides is 1. The Hall–Kier alpha value is -1.66. The summed E-state index contributed by atoms with van der Waals surface area (Å²) in [5.41, 5.74) is 0.262. The van der Waals surface area contributed by atoms with Crippen LogP contribution in [-0.2, 0) is 5.33 Å². The van der Waals surface area contributed by atoms with Crippen molar-refractivity contribution in [2.75, 3.05) is 0 Å². The number of nitro benzene ring substituents is 1. The van der Waals surface area contributed by atoms with Gasteiger partial charge in [-0.3, -0.25) is 10.1 Å². The molecule has 0 aliphatic heterocycles. The zero-order chi connectivity index (χ0) is 14.7. The molecular weight excluding hydrogens is 353 g/mol. The monoisotopic (exact) mass is 359 g/mol. The fourth-order valence-corrected chi connectivity index (χ4v) is 2.21. The number of rotatable bonds is 4. The highest BCUT2D eigenvalue weighted by Crippen LogP contribution is 2.36. The lowest BCUT2D eigenvalue weighted by atomic mass is 10.2. The normalized spacial score (nSPS) is 10.3. The fourth-order valence-electron chi connectivity index (χ4n) is 1.60. The highest BCUT2D eigenvalue weighted by molar-refractivity contribution is 9.08. The molecule has 7 heteroatoms. The number of hydrogen-bond acceptors (Lipinski definition) is 3. The van der Waals surface area contributed by atoms with E-state index in [2.05, 4.69) is 15.9 Å². The average Bonchev–Trinajstić information content (AvgIpc) is 2.40. The second-order valence-corrected chi connectivity index (χ2v) is 4.83. The molecule has 0 aliphatic carbocycles. The average molecular weight is 361 g/mol. The van der Waals surface area contributed by atoms with Crippen LogP contribution in [0.2, 0.25) is 5.02 Å². The Morgan fingerprint density at radius 1 is 1.35 bits per heavy atom. The largest absolute Gasteiger partial charge is 0.447 e. The predicted octanol–water partition coefficient (Wildman–Crippen LogP) is 5.07. The van der Waals surface area contributed by atoms with Crippen LogP contribution >= 0.6 is 27.5 Å². The highest BCUT2D eigenvalue weighted by Gasteiger charge is 2.19. The van der Waals surface area contributed by atoms with E-state index >= 15 is 0 Å². The van der Waals surface area contributed by atoms with Crippen molar-refractivity contribution >= 4 is 33.2 Å². The number of halogens is 3. The van der Waals surface area contributed by atoms with E-state index in [9.17, 15) is 14.5 Å². The van der Waals surface area contributed by atoms with Crippen LogP contribution in [0.3, 0.4) is 0 Å². The first-order valence-electron chi connectivity index (χ1n) is 5.48. The Bertz CT molecular complexity index is 666. The zero-order valence-electron chi connectivity index (χ0n) is 9.98. The summed E-state index contributed by atoms with van der Waals surface area (Å²) in [5, 5.41) is 11.6. The molecule has 0 aromatic heterocycles. The van der Waals surface area contributed by atoms with Gasteiger partial charge in [0.05, 0.1) is 4.92 Å². The van der Waals surface area contributed by atoms with Gasteiger partial charge in [0.2, 0.25) is 5.75 Å². The maximum atomic E-state index is 13.8. The molecule has 2 aromatic carbocycles. The van der Waals surface area contributed by atoms with Crippen molar-refractivity contribution < 1.29 is 14.1 Å². The molecule has 0 heterocycles. The van der Waals surface area contributed by atoms with E-state index in [4.69, 9.17) is 16.3 Å². The first kappa shape index (κ1) is 14.7. The Morgan fingerprint density at radius 2 is 2.10 bits per heavy atom. The van der Waals surface area contributed by atoms with Gasteiger partial charge in [0.25, 0.3) is 0 Å². The van der Waals surface area contributed by atoms with Gasteiger partial charge in [-0.1, -0.05) is 39.7 Å². The Labute approximate surface area is 127 Å². The van der Waals surface area contributed by atoms with Crippen LogP contribution in [0.4, 0.5) is 10.1 Å². The third-order valence-electron chi connectivity index (χ3n) is 2.52. The van der Waals surface area contributed by atoms with E-state index < -0.39 is 10.7 Å². The van der Waals surface area contributed by atoms with Crippen LogP contribution in [0.25, 0.3) is 0 Å². The Kier molecular flexibility index (Phi) is 4.57. The van der Waals surface area contributed by atoms with Crippen molar-refractivity contribution in [3.8, 4) is 11.5 Å². The fraction of sp³-hybridized carbons (Fsp3) is 0.0769. The molecule has 0 fully saturated rings. The van der Waals surface area contributed by atoms with Gasteiger partial charge in [-0.15, -0.1) is 0 Å². The summed E-state index contributed by atoms with van der Waals surface area (Å²) in [6.07, 6.45) is 0. The first-order valence-corrected chi connectivity index (χ1v) is 6.98. The molecule has 2 aromatic rings. The molecule has 0 spiro atoms. The number of nitro groups is 1. The topological polar surface area (TPSA) is 52.4 Å². The summed E-state index contributed by atoms with van der Waals surface area (Å²) >= 11 is 9.01. The van der Waals surface area contributed by atoms with E-state index in [1.54, 1.807) is 6.07 Å². The van der Waals surface area contributed by atoms with Gasteiger partial charge in [-0.2, -0.15) is 0 Å². The lowest BCUT2D eigenvalue weighted by Gasteiger charge is -2.11. The molecule has 0 saturated carbocycles. The molecule has 0 aliphatic rings. The summed E-state index contributed by atoms with van der Waals surface area (Å²) in [7, 11) is 0. The number of para-hydroxylation sites is 1. The lowest BCUT2D eigenvalue weighted by Crippen LogP contribution is -1.97. The third kappa shape index (κ3) is 3.08. The summed E-state index contributed by atoms with van der Waals surface area (Å²) in [6.45, 7) is 0. The van der Waals surface area contributed by atoms with E-state index in [0.29, 0.717) is 10.9 Å². The van der Waals surface area contributed by atoms with Crippen molar-refractivity contribution in [2.24, 2.45) is 0 Å². The summed E-state index contributed by atoms with van der Waals surface area (Å²) < 4.78 is 19.2. The number of ether oxygens (including phenoxy) is 1. The molecule has 0 radical (unpaired) electrons. The number of nitrogens with zero attached hydrogens (tertiary/aromatic N) is 1. The smallest absolute Gasteiger partial charge is 0.311 e. The number of hydrogen-bond donors (Lipinski definition) is 0. The minimum atomic E-state index is -0.611. The van der Waals surface area contributed by atoms with E-state index in [0.717, 1.165) is 0 Å². The minimum Gasteiger partial charge on any atom is -0.447 e. The molecule has 0 amide bonds. The maximum Gasteiger partial charge on any atom is 0.311 e. The first-order chi connectivity index (χ1) is 9.52. The van der Waals surface area contributed by atoms with Gasteiger partial charge in [-0.05, 0) is 12.1 Å². The van der Waals surface area contributed by atoms with Gasteiger partial charge >= 0.3 is 5.69 Å². The SMILES string of the molecule is O=[N+]([O-])c1ccc(Cl)cc1Oc1c(F)cccc1CBr. The summed E-state index contributed by atoms with van der Waals surface area (Å²) in [6, 6.07) is 8.28. The van der Waals surface area contributed by atoms with E-state index in [1.807, 2.05) is 0 Å². The maximum absolute atomic E-state index is 13.8. The number of benzene rings is 2. The standard InChI is InChI=1S/C13H8BrClFNO3/c14-7-8-2-1-3-10(16)13(8)20-12-6-9(15)4-5-11(12)17(18)19/h1-6H,7H2. The van der Waals surface area contributed by atoms with Crippen LogP contribution in [0, 0.1) is 15.9 Å². The summed E-state index contributed by atoms with van der Waals surface area (Å²) in [4.78, 5) is 10.3. The van der Waals surface area contributed by atoms with Crippen molar-refractivity contribution in [3.05, 3.63) is 62.9 Å². The van der Waals surface area contributed by atoms with Crippen LogP contribution < -0.4 is 4.74 Å². The minimum absolute atomic E-state index is 0.0604. The zero-order valence-corrected chi connectivity index (χ0v) is 12.3. The van der Waals surface area contributed by atoms with Gasteiger partial charge in [0.1, 0.15) is 0 Å². The van der Waals surface area contributed by atoms with Crippen LogP contribution in [-0.4, -0.2) is 4.92 Å². The van der Waals surface area contributed by atoms with Gasteiger partial charge < -0.3 is 4.74 Å². The second-order valence-electron chi connectivity index (χ2n) is 3.83. The second kappa shape index (κ2) is 6.19. The quantitative estimate of drug-likeness (QED) is 0.434. The molecule has 0 saturated heterocycles. The van der Waals surface area contributed by atoms with E-state index in [-0.39, 0.29) is 22.2 Å². The van der Waals surface area contributed by atoms with Crippen molar-refractivity contribution in [1.29, 1.82) is 0 Å². The van der Waals surface area contributed by atoms with E-state index in [1.165, 1.54) is 30.3 Å². The molecular formula is C13H8BrClFNO3.